The van der Waals surface area contributed by atoms with E-state index in [-0.39, 0.29) is 5.92 Å². The Hall–Kier alpha value is -1.53. The summed E-state index contributed by atoms with van der Waals surface area (Å²) in [7, 11) is 2.04. The summed E-state index contributed by atoms with van der Waals surface area (Å²) in [4.78, 5) is 2.18. The standard InChI is InChI=1S/C13H19N3/c1-10(8-14)9-16(3)11(2)12-4-6-13(15)7-5-12/h4-7,10-11H,9,15H2,1-3H3. The van der Waals surface area contributed by atoms with Crippen LogP contribution in [0.4, 0.5) is 5.69 Å². The second-order valence-electron chi connectivity index (χ2n) is 4.31. The summed E-state index contributed by atoms with van der Waals surface area (Å²) in [5.74, 6) is 0.0567. The molecule has 16 heavy (non-hydrogen) atoms. The molecule has 2 N–H and O–H groups in total. The molecule has 0 aliphatic heterocycles. The van der Waals surface area contributed by atoms with Crippen molar-refractivity contribution >= 4 is 5.69 Å². The molecule has 0 fully saturated rings. The Morgan fingerprint density at radius 1 is 1.31 bits per heavy atom. The minimum Gasteiger partial charge on any atom is -0.399 e. The lowest BCUT2D eigenvalue weighted by atomic mass is 10.1. The lowest BCUT2D eigenvalue weighted by molar-refractivity contribution is 0.244. The molecule has 3 nitrogen and oxygen atoms in total. The molecule has 0 saturated carbocycles. The minimum atomic E-state index is 0.0567. The lowest BCUT2D eigenvalue weighted by Gasteiger charge is -2.26. The topological polar surface area (TPSA) is 53.0 Å². The predicted octanol–water partition coefficient (Wildman–Crippen LogP) is 2.42. The average Bonchev–Trinajstić information content (AvgIpc) is 2.28. The first-order chi connectivity index (χ1) is 7.54. The van der Waals surface area contributed by atoms with Crippen molar-refractivity contribution in [2.75, 3.05) is 19.3 Å². The maximum absolute atomic E-state index is 8.78. The monoisotopic (exact) mass is 217 g/mol. The fourth-order valence-electron chi connectivity index (χ4n) is 1.66. The quantitative estimate of drug-likeness (QED) is 0.788. The number of nitriles is 1. The SMILES string of the molecule is CC(C#N)CN(C)C(C)c1ccc(N)cc1. The third kappa shape index (κ3) is 3.25. The van der Waals surface area contributed by atoms with E-state index < -0.39 is 0 Å². The summed E-state index contributed by atoms with van der Waals surface area (Å²) in [5.41, 5.74) is 7.65. The summed E-state index contributed by atoms with van der Waals surface area (Å²) >= 11 is 0. The van der Waals surface area contributed by atoms with Gasteiger partial charge in [0.25, 0.3) is 0 Å². The van der Waals surface area contributed by atoms with Crippen LogP contribution in [-0.2, 0) is 0 Å². The first-order valence-electron chi connectivity index (χ1n) is 5.50. The molecule has 1 rings (SSSR count). The first-order valence-corrected chi connectivity index (χ1v) is 5.50. The van der Waals surface area contributed by atoms with E-state index in [0.717, 1.165) is 12.2 Å². The molecule has 86 valence electrons. The number of nitrogens with zero attached hydrogens (tertiary/aromatic N) is 2. The number of rotatable bonds is 4. The van der Waals surface area contributed by atoms with Crippen LogP contribution in [0.1, 0.15) is 25.5 Å². The minimum absolute atomic E-state index is 0.0567. The van der Waals surface area contributed by atoms with Crippen LogP contribution in [0.3, 0.4) is 0 Å². The van der Waals surface area contributed by atoms with Gasteiger partial charge in [-0.3, -0.25) is 4.90 Å². The van der Waals surface area contributed by atoms with Crippen molar-refractivity contribution in [3.8, 4) is 6.07 Å². The Labute approximate surface area is 97.5 Å². The number of nitrogen functional groups attached to an aromatic ring is 1. The van der Waals surface area contributed by atoms with Crippen molar-refractivity contribution in [3.63, 3.8) is 0 Å². The molecular weight excluding hydrogens is 198 g/mol. The van der Waals surface area contributed by atoms with Crippen LogP contribution in [0, 0.1) is 17.2 Å². The molecule has 0 aromatic heterocycles. The van der Waals surface area contributed by atoms with Gasteiger partial charge in [0, 0.05) is 18.3 Å². The molecule has 0 aliphatic carbocycles. The smallest absolute Gasteiger partial charge is 0.0666 e. The molecule has 2 unspecified atom stereocenters. The van der Waals surface area contributed by atoms with Crippen molar-refractivity contribution in [1.29, 1.82) is 5.26 Å². The van der Waals surface area contributed by atoms with Crippen LogP contribution in [0.2, 0.25) is 0 Å². The van der Waals surface area contributed by atoms with Crippen LogP contribution in [-0.4, -0.2) is 18.5 Å². The molecule has 1 aromatic rings. The highest BCUT2D eigenvalue weighted by molar-refractivity contribution is 5.40. The summed E-state index contributed by atoms with van der Waals surface area (Å²) < 4.78 is 0. The fourth-order valence-corrected chi connectivity index (χ4v) is 1.66. The molecule has 3 heteroatoms. The first kappa shape index (κ1) is 12.5. The van der Waals surface area contributed by atoms with Gasteiger partial charge in [-0.25, -0.2) is 0 Å². The molecule has 1 aromatic carbocycles. The van der Waals surface area contributed by atoms with Gasteiger partial charge in [0.05, 0.1) is 12.0 Å². The van der Waals surface area contributed by atoms with Gasteiger partial charge in [-0.05, 0) is 38.6 Å². The van der Waals surface area contributed by atoms with Gasteiger partial charge in [0.15, 0.2) is 0 Å². The van der Waals surface area contributed by atoms with E-state index >= 15 is 0 Å². The van der Waals surface area contributed by atoms with Crippen molar-refractivity contribution in [3.05, 3.63) is 29.8 Å². The van der Waals surface area contributed by atoms with Gasteiger partial charge in [0.2, 0.25) is 0 Å². The van der Waals surface area contributed by atoms with Gasteiger partial charge in [-0.1, -0.05) is 12.1 Å². The molecule has 0 heterocycles. The third-order valence-electron chi connectivity index (χ3n) is 2.86. The predicted molar refractivity (Wildman–Crippen MR) is 66.7 cm³/mol. The van der Waals surface area contributed by atoms with Crippen molar-refractivity contribution < 1.29 is 0 Å². The Balaban J connectivity index is 2.67. The van der Waals surface area contributed by atoms with Gasteiger partial charge < -0.3 is 5.73 Å². The molecule has 0 radical (unpaired) electrons. The van der Waals surface area contributed by atoms with E-state index in [9.17, 15) is 0 Å². The number of benzene rings is 1. The third-order valence-corrected chi connectivity index (χ3v) is 2.86. The van der Waals surface area contributed by atoms with Gasteiger partial charge in [-0.15, -0.1) is 0 Å². The average molecular weight is 217 g/mol. The number of hydrogen-bond donors (Lipinski definition) is 1. The van der Waals surface area contributed by atoms with Gasteiger partial charge in [0.1, 0.15) is 0 Å². The molecule has 0 spiro atoms. The van der Waals surface area contributed by atoms with E-state index in [1.807, 2.05) is 38.2 Å². The maximum Gasteiger partial charge on any atom is 0.0666 e. The van der Waals surface area contributed by atoms with Crippen molar-refractivity contribution in [2.45, 2.75) is 19.9 Å². The summed E-state index contributed by atoms with van der Waals surface area (Å²) in [6.45, 7) is 4.85. The number of hydrogen-bond acceptors (Lipinski definition) is 3. The molecule has 0 aliphatic rings. The van der Waals surface area contributed by atoms with Gasteiger partial charge in [-0.2, -0.15) is 5.26 Å². The van der Waals surface area contributed by atoms with Crippen molar-refractivity contribution in [1.82, 2.24) is 4.90 Å². The van der Waals surface area contributed by atoms with Gasteiger partial charge >= 0.3 is 0 Å². The Morgan fingerprint density at radius 3 is 2.38 bits per heavy atom. The highest BCUT2D eigenvalue weighted by Crippen LogP contribution is 2.20. The second kappa shape index (κ2) is 5.53. The Kier molecular flexibility index (Phi) is 4.33. The van der Waals surface area contributed by atoms with Crippen LogP contribution in [0.15, 0.2) is 24.3 Å². The summed E-state index contributed by atoms with van der Waals surface area (Å²) in [6, 6.07) is 10.4. The zero-order valence-corrected chi connectivity index (χ0v) is 10.1. The molecule has 0 bridgehead atoms. The summed E-state index contributed by atoms with van der Waals surface area (Å²) in [5, 5.41) is 8.78. The molecule has 0 saturated heterocycles. The largest absolute Gasteiger partial charge is 0.399 e. The summed E-state index contributed by atoms with van der Waals surface area (Å²) in [6.07, 6.45) is 0. The zero-order chi connectivity index (χ0) is 12.1. The molecule has 2 atom stereocenters. The lowest BCUT2D eigenvalue weighted by Crippen LogP contribution is -2.26. The van der Waals surface area contributed by atoms with E-state index in [1.54, 1.807) is 0 Å². The number of anilines is 1. The van der Waals surface area contributed by atoms with Crippen LogP contribution < -0.4 is 5.73 Å². The highest BCUT2D eigenvalue weighted by atomic mass is 15.1. The fraction of sp³-hybridized carbons (Fsp3) is 0.462. The van der Waals surface area contributed by atoms with E-state index in [4.69, 9.17) is 11.0 Å². The second-order valence-corrected chi connectivity index (χ2v) is 4.31. The van der Waals surface area contributed by atoms with E-state index in [1.165, 1.54) is 5.56 Å². The number of nitrogens with two attached hydrogens (primary N) is 1. The normalized spacial score (nSPS) is 14.4. The van der Waals surface area contributed by atoms with E-state index in [2.05, 4.69) is 17.9 Å². The van der Waals surface area contributed by atoms with Crippen LogP contribution in [0.5, 0.6) is 0 Å². The van der Waals surface area contributed by atoms with E-state index in [0.29, 0.717) is 6.04 Å². The zero-order valence-electron chi connectivity index (χ0n) is 10.1. The molecular formula is C13H19N3. The highest BCUT2D eigenvalue weighted by Gasteiger charge is 2.13. The van der Waals surface area contributed by atoms with Crippen LogP contribution >= 0.6 is 0 Å². The molecule has 0 amide bonds. The Bertz CT molecular complexity index is 364. The van der Waals surface area contributed by atoms with Crippen molar-refractivity contribution in [2.24, 2.45) is 5.92 Å². The maximum atomic E-state index is 8.78. The van der Waals surface area contributed by atoms with Crippen LogP contribution in [0.25, 0.3) is 0 Å². The Morgan fingerprint density at radius 2 is 1.88 bits per heavy atom.